The van der Waals surface area contributed by atoms with E-state index in [2.05, 4.69) is 37.0 Å². The molecule has 0 aliphatic carbocycles. The Kier molecular flexibility index (Phi) is 3.39. The van der Waals surface area contributed by atoms with Gasteiger partial charge >= 0.3 is 0 Å². The number of hydrogen-bond donors (Lipinski definition) is 1. The Balaban J connectivity index is 2.52. The van der Waals surface area contributed by atoms with Crippen LogP contribution < -0.4 is 9.47 Å². The van der Waals surface area contributed by atoms with Gasteiger partial charge in [-0.15, -0.1) is 0 Å². The molecular formula is C10H9Br2NO3. The maximum atomic E-state index is 8.72. The van der Waals surface area contributed by atoms with Crippen LogP contribution in [0, 0.1) is 0 Å². The summed E-state index contributed by atoms with van der Waals surface area (Å²) in [4.78, 5) is 0. The molecule has 0 atom stereocenters. The van der Waals surface area contributed by atoms with Crippen molar-refractivity contribution in [1.82, 2.24) is 0 Å². The van der Waals surface area contributed by atoms with Gasteiger partial charge in [0.25, 0.3) is 0 Å². The SMILES string of the molecule is COc1c(Br)cc2c(c1Br)OC/C(=N/O)C2. The predicted octanol–water partition coefficient (Wildman–Crippen LogP) is 2.99. The summed E-state index contributed by atoms with van der Waals surface area (Å²) in [7, 11) is 1.60. The molecule has 1 heterocycles. The van der Waals surface area contributed by atoms with Gasteiger partial charge in [0, 0.05) is 12.0 Å². The van der Waals surface area contributed by atoms with E-state index in [0.717, 1.165) is 20.3 Å². The molecule has 0 fully saturated rings. The largest absolute Gasteiger partial charge is 0.494 e. The van der Waals surface area contributed by atoms with Crippen LogP contribution in [0.2, 0.25) is 0 Å². The van der Waals surface area contributed by atoms with E-state index >= 15 is 0 Å². The van der Waals surface area contributed by atoms with Gasteiger partial charge in [0.15, 0.2) is 5.75 Å². The minimum absolute atomic E-state index is 0.298. The van der Waals surface area contributed by atoms with E-state index < -0.39 is 0 Å². The van der Waals surface area contributed by atoms with E-state index in [1.807, 2.05) is 6.07 Å². The number of nitrogens with zero attached hydrogens (tertiary/aromatic N) is 1. The van der Waals surface area contributed by atoms with Crippen molar-refractivity contribution in [3.8, 4) is 11.5 Å². The fourth-order valence-electron chi connectivity index (χ4n) is 1.60. The molecule has 0 saturated carbocycles. The van der Waals surface area contributed by atoms with Crippen molar-refractivity contribution in [3.05, 3.63) is 20.6 Å². The van der Waals surface area contributed by atoms with E-state index in [4.69, 9.17) is 14.7 Å². The van der Waals surface area contributed by atoms with Crippen LogP contribution in [0.15, 0.2) is 20.2 Å². The number of halogens is 2. The molecule has 0 aromatic heterocycles. The molecule has 0 saturated heterocycles. The minimum atomic E-state index is 0.298. The molecule has 0 spiro atoms. The van der Waals surface area contributed by atoms with Crippen molar-refractivity contribution < 1.29 is 14.7 Å². The number of fused-ring (bicyclic) bond motifs is 1. The maximum absolute atomic E-state index is 8.72. The Labute approximate surface area is 109 Å². The van der Waals surface area contributed by atoms with E-state index in [-0.39, 0.29) is 0 Å². The van der Waals surface area contributed by atoms with Gasteiger partial charge in [0.05, 0.1) is 17.3 Å². The summed E-state index contributed by atoms with van der Waals surface area (Å²) >= 11 is 6.85. The number of benzene rings is 1. The first-order valence-electron chi connectivity index (χ1n) is 4.54. The van der Waals surface area contributed by atoms with Gasteiger partial charge in [0.2, 0.25) is 0 Å². The second-order valence-corrected chi connectivity index (χ2v) is 4.97. The molecule has 0 bridgehead atoms. The first-order valence-corrected chi connectivity index (χ1v) is 6.13. The van der Waals surface area contributed by atoms with E-state index in [0.29, 0.717) is 24.5 Å². The summed E-state index contributed by atoms with van der Waals surface area (Å²) in [6, 6.07) is 1.91. The van der Waals surface area contributed by atoms with E-state index in [9.17, 15) is 0 Å². The van der Waals surface area contributed by atoms with Crippen LogP contribution in [-0.2, 0) is 6.42 Å². The number of hydrogen-bond acceptors (Lipinski definition) is 4. The van der Waals surface area contributed by atoms with Crippen molar-refractivity contribution in [1.29, 1.82) is 0 Å². The number of oxime groups is 1. The average Bonchev–Trinajstić information content (AvgIpc) is 2.28. The molecule has 1 aliphatic heterocycles. The fourth-order valence-corrected chi connectivity index (χ4v) is 3.25. The van der Waals surface area contributed by atoms with Crippen molar-refractivity contribution in [3.63, 3.8) is 0 Å². The van der Waals surface area contributed by atoms with Gasteiger partial charge in [-0.3, -0.25) is 0 Å². The normalized spacial score (nSPS) is 16.8. The van der Waals surface area contributed by atoms with Crippen LogP contribution in [-0.4, -0.2) is 24.6 Å². The van der Waals surface area contributed by atoms with Gasteiger partial charge in [-0.1, -0.05) is 5.16 Å². The first-order chi connectivity index (χ1) is 7.67. The zero-order chi connectivity index (χ0) is 11.7. The molecule has 0 radical (unpaired) electrons. The molecule has 4 nitrogen and oxygen atoms in total. The zero-order valence-corrected chi connectivity index (χ0v) is 11.6. The van der Waals surface area contributed by atoms with Crippen LogP contribution in [0.4, 0.5) is 0 Å². The molecule has 0 unspecified atom stereocenters. The zero-order valence-electron chi connectivity index (χ0n) is 8.46. The standard InChI is InChI=1S/C10H9Br2NO3/c1-15-10-7(11)3-5-2-6(13-14)4-16-9(5)8(10)12/h3,14H,2,4H2,1H3/b13-6+. The molecule has 6 heteroatoms. The molecular weight excluding hydrogens is 342 g/mol. The highest BCUT2D eigenvalue weighted by molar-refractivity contribution is 9.11. The number of methoxy groups -OCH3 is 1. The Hall–Kier alpha value is -0.750. The third-order valence-corrected chi connectivity index (χ3v) is 3.64. The lowest BCUT2D eigenvalue weighted by Gasteiger charge is -2.21. The van der Waals surface area contributed by atoms with E-state index in [1.54, 1.807) is 7.11 Å². The quantitative estimate of drug-likeness (QED) is 0.625. The lowest BCUT2D eigenvalue weighted by atomic mass is 10.1. The molecule has 1 aromatic rings. The average molecular weight is 351 g/mol. The molecule has 86 valence electrons. The van der Waals surface area contributed by atoms with Crippen LogP contribution >= 0.6 is 31.9 Å². The van der Waals surface area contributed by atoms with Crippen LogP contribution in [0.1, 0.15) is 5.56 Å². The summed E-state index contributed by atoms with van der Waals surface area (Å²) in [6.07, 6.45) is 0.576. The second-order valence-electron chi connectivity index (χ2n) is 3.33. The Morgan fingerprint density at radius 1 is 1.50 bits per heavy atom. The number of rotatable bonds is 1. The molecule has 1 N–H and O–H groups in total. The lowest BCUT2D eigenvalue weighted by Crippen LogP contribution is -2.21. The highest BCUT2D eigenvalue weighted by Gasteiger charge is 2.22. The molecule has 0 amide bonds. The first kappa shape index (κ1) is 11.7. The van der Waals surface area contributed by atoms with Gasteiger partial charge in [-0.05, 0) is 37.9 Å². The van der Waals surface area contributed by atoms with E-state index in [1.165, 1.54) is 0 Å². The Bertz CT molecular complexity index is 460. The lowest BCUT2D eigenvalue weighted by molar-refractivity contribution is 0.300. The van der Waals surface area contributed by atoms with Crippen LogP contribution in [0.3, 0.4) is 0 Å². The highest BCUT2D eigenvalue weighted by Crippen LogP contribution is 2.44. The van der Waals surface area contributed by atoms with Gasteiger partial charge in [-0.25, -0.2) is 0 Å². The predicted molar refractivity (Wildman–Crippen MR) is 66.8 cm³/mol. The van der Waals surface area contributed by atoms with Gasteiger partial charge in [-0.2, -0.15) is 0 Å². The Morgan fingerprint density at radius 3 is 2.88 bits per heavy atom. The van der Waals surface area contributed by atoms with Gasteiger partial charge < -0.3 is 14.7 Å². The molecule has 1 aromatic carbocycles. The topological polar surface area (TPSA) is 51.0 Å². The minimum Gasteiger partial charge on any atom is -0.494 e. The second kappa shape index (κ2) is 4.63. The summed E-state index contributed by atoms with van der Waals surface area (Å²) in [5.74, 6) is 1.44. The summed E-state index contributed by atoms with van der Waals surface area (Å²) in [6.45, 7) is 0.298. The Morgan fingerprint density at radius 2 is 2.25 bits per heavy atom. The van der Waals surface area contributed by atoms with Crippen molar-refractivity contribution in [2.75, 3.05) is 13.7 Å². The highest BCUT2D eigenvalue weighted by atomic mass is 79.9. The summed E-state index contributed by atoms with van der Waals surface area (Å²) in [5.41, 5.74) is 1.56. The number of ether oxygens (including phenoxy) is 2. The molecule has 2 rings (SSSR count). The van der Waals surface area contributed by atoms with Crippen molar-refractivity contribution in [2.45, 2.75) is 6.42 Å². The summed E-state index contributed by atoms with van der Waals surface area (Å²) < 4.78 is 12.4. The third-order valence-electron chi connectivity index (χ3n) is 2.33. The monoisotopic (exact) mass is 349 g/mol. The smallest absolute Gasteiger partial charge is 0.150 e. The fraction of sp³-hybridized carbons (Fsp3) is 0.300. The third kappa shape index (κ3) is 1.91. The van der Waals surface area contributed by atoms with Crippen LogP contribution in [0.5, 0.6) is 11.5 Å². The van der Waals surface area contributed by atoms with Crippen LogP contribution in [0.25, 0.3) is 0 Å². The molecule has 16 heavy (non-hydrogen) atoms. The van der Waals surface area contributed by atoms with Crippen molar-refractivity contribution in [2.24, 2.45) is 5.16 Å². The maximum Gasteiger partial charge on any atom is 0.150 e. The summed E-state index contributed by atoms with van der Waals surface area (Å²) in [5, 5.41) is 11.9. The van der Waals surface area contributed by atoms with Gasteiger partial charge in [0.1, 0.15) is 16.8 Å². The van der Waals surface area contributed by atoms with Crippen molar-refractivity contribution >= 4 is 37.6 Å². The molecule has 1 aliphatic rings.